The molecule has 0 aliphatic carbocycles. The van der Waals surface area contributed by atoms with Gasteiger partial charge in [0.15, 0.2) is 0 Å². The highest BCUT2D eigenvalue weighted by atomic mass is 16.7. The van der Waals surface area contributed by atoms with Gasteiger partial charge in [-0.05, 0) is 68.2 Å². The summed E-state index contributed by atoms with van der Waals surface area (Å²) in [6.07, 6.45) is 10.2. The van der Waals surface area contributed by atoms with Gasteiger partial charge in [-0.15, -0.1) is 0 Å². The Morgan fingerprint density at radius 3 is 1.08 bits per heavy atom. The van der Waals surface area contributed by atoms with Crippen LogP contribution in [0.15, 0.2) is 0 Å². The van der Waals surface area contributed by atoms with Crippen LogP contribution in [0, 0.1) is 0 Å². The Hall–Kier alpha value is -1.54. The predicted octanol–water partition coefficient (Wildman–Crippen LogP) is 7.03. The van der Waals surface area contributed by atoms with Crippen LogP contribution in [0.5, 0.6) is 0 Å². The van der Waals surface area contributed by atoms with Crippen molar-refractivity contribution in [2.75, 3.05) is 13.2 Å². The zero-order valence-electron chi connectivity index (χ0n) is 25.5. The minimum atomic E-state index is -0.543. The quantitative estimate of drug-likeness (QED) is 0.190. The van der Waals surface area contributed by atoms with Gasteiger partial charge < -0.3 is 29.6 Å². The van der Waals surface area contributed by atoms with Crippen LogP contribution in [-0.4, -0.2) is 59.9 Å². The van der Waals surface area contributed by atoms with Crippen molar-refractivity contribution >= 4 is 12.3 Å². The molecule has 0 aromatic heterocycles. The second kappa shape index (κ2) is 14.2. The Labute approximate surface area is 231 Å². The van der Waals surface area contributed by atoms with Gasteiger partial charge in [0.1, 0.15) is 12.2 Å². The summed E-state index contributed by atoms with van der Waals surface area (Å²) < 4.78 is 21.8. The molecule has 0 aromatic rings. The molecule has 2 N–H and O–H groups in total. The summed E-state index contributed by atoms with van der Waals surface area (Å²) in [5.74, 6) is 0. The molecule has 8 heteroatoms. The molecule has 2 fully saturated rings. The maximum absolute atomic E-state index is 12.1. The first-order valence-electron chi connectivity index (χ1n) is 14.8. The van der Waals surface area contributed by atoms with Gasteiger partial charge in [0.05, 0.1) is 13.2 Å². The van der Waals surface area contributed by atoms with Crippen LogP contribution >= 0.6 is 0 Å². The number of carbonyl (C=O) groups is 2. The van der Waals surface area contributed by atoms with Crippen LogP contribution in [0.1, 0.15) is 132 Å². The maximum Gasteiger partial charge on any atom is 0.508 e. The Morgan fingerprint density at radius 1 is 0.526 bits per heavy atom. The lowest BCUT2D eigenvalue weighted by Gasteiger charge is -2.45. The topological polar surface area (TPSA) is 95.1 Å². The molecule has 2 heterocycles. The molecule has 0 unspecified atom stereocenters. The highest BCUT2D eigenvalue weighted by molar-refractivity contribution is 5.60. The van der Waals surface area contributed by atoms with E-state index in [0.29, 0.717) is 13.2 Å². The number of unbranched alkanes of at least 4 members (excludes halogenated alkanes) is 7. The van der Waals surface area contributed by atoms with Crippen molar-refractivity contribution < 1.29 is 28.5 Å². The highest BCUT2D eigenvalue weighted by Gasteiger charge is 2.40. The fourth-order valence-electron chi connectivity index (χ4n) is 6.54. The van der Waals surface area contributed by atoms with E-state index in [4.69, 9.17) is 18.9 Å². The van der Waals surface area contributed by atoms with Gasteiger partial charge in [-0.25, -0.2) is 9.59 Å². The van der Waals surface area contributed by atoms with Crippen molar-refractivity contribution in [1.82, 2.24) is 10.6 Å². The van der Waals surface area contributed by atoms with E-state index >= 15 is 0 Å². The van der Waals surface area contributed by atoms with Crippen molar-refractivity contribution in [3.63, 3.8) is 0 Å². The number of nitrogens with one attached hydrogen (secondary N) is 2. The van der Waals surface area contributed by atoms with Gasteiger partial charge in [0.2, 0.25) is 0 Å². The van der Waals surface area contributed by atoms with Crippen LogP contribution in [0.25, 0.3) is 0 Å². The zero-order chi connectivity index (χ0) is 28.5. The fourth-order valence-corrected chi connectivity index (χ4v) is 6.54. The molecule has 2 aliphatic heterocycles. The van der Waals surface area contributed by atoms with Gasteiger partial charge >= 0.3 is 12.3 Å². The average molecular weight is 541 g/mol. The van der Waals surface area contributed by atoms with E-state index in [1.54, 1.807) is 0 Å². The van der Waals surface area contributed by atoms with Crippen LogP contribution in [0.3, 0.4) is 0 Å². The lowest BCUT2D eigenvalue weighted by Crippen LogP contribution is -2.59. The van der Waals surface area contributed by atoms with Crippen molar-refractivity contribution in [2.24, 2.45) is 0 Å². The second-order valence-electron chi connectivity index (χ2n) is 14.1. The summed E-state index contributed by atoms with van der Waals surface area (Å²) in [7, 11) is 0. The molecular weight excluding hydrogens is 484 g/mol. The molecule has 0 aromatic carbocycles. The van der Waals surface area contributed by atoms with E-state index in [1.807, 2.05) is 0 Å². The average Bonchev–Trinajstić information content (AvgIpc) is 2.69. The van der Waals surface area contributed by atoms with Crippen LogP contribution in [0.2, 0.25) is 0 Å². The summed E-state index contributed by atoms with van der Waals surface area (Å²) in [5, 5.41) is 7.18. The molecule has 8 nitrogen and oxygen atoms in total. The molecule has 0 saturated carbocycles. The van der Waals surface area contributed by atoms with Crippen LogP contribution < -0.4 is 10.6 Å². The molecule has 2 saturated heterocycles. The van der Waals surface area contributed by atoms with Crippen molar-refractivity contribution in [3.8, 4) is 0 Å². The Bertz CT molecular complexity index is 655. The Balaban J connectivity index is 1.41. The van der Waals surface area contributed by atoms with E-state index in [1.165, 1.54) is 0 Å². The van der Waals surface area contributed by atoms with Gasteiger partial charge in [-0.3, -0.25) is 0 Å². The number of rotatable bonds is 13. The zero-order valence-corrected chi connectivity index (χ0v) is 25.5. The van der Waals surface area contributed by atoms with Gasteiger partial charge in [-0.2, -0.15) is 0 Å². The summed E-state index contributed by atoms with van der Waals surface area (Å²) >= 11 is 0. The number of hydrogen-bond donors (Lipinski definition) is 2. The molecule has 0 atom stereocenters. The van der Waals surface area contributed by atoms with Crippen LogP contribution in [-0.2, 0) is 18.9 Å². The van der Waals surface area contributed by atoms with Crippen molar-refractivity contribution in [3.05, 3.63) is 0 Å². The summed E-state index contributed by atoms with van der Waals surface area (Å²) in [4.78, 5) is 24.2. The van der Waals surface area contributed by atoms with E-state index in [0.717, 1.165) is 77.0 Å². The Morgan fingerprint density at radius 2 is 0.789 bits per heavy atom. The standard InChI is InChI=1S/C30H56N2O6/c1-27(2)19-23(20-28(3,4)31-27)37-25(33)35-17-15-13-11-9-10-12-14-16-18-36-26(34)38-24-21-29(5,6)32-30(7,8)22-24/h23-24,31-32H,9-22H2,1-8H3. The van der Waals surface area contributed by atoms with Gasteiger partial charge in [-0.1, -0.05) is 38.5 Å². The summed E-state index contributed by atoms with van der Waals surface area (Å²) in [5.41, 5.74) is -0.248. The first kappa shape index (κ1) is 32.7. The third kappa shape index (κ3) is 13.5. The monoisotopic (exact) mass is 540 g/mol. The molecule has 38 heavy (non-hydrogen) atoms. The molecule has 0 amide bonds. The third-order valence-electron chi connectivity index (χ3n) is 7.31. The van der Waals surface area contributed by atoms with Crippen LogP contribution in [0.4, 0.5) is 9.59 Å². The predicted molar refractivity (Wildman–Crippen MR) is 150 cm³/mol. The minimum Gasteiger partial charge on any atom is -0.434 e. The first-order valence-corrected chi connectivity index (χ1v) is 14.8. The highest BCUT2D eigenvalue weighted by Crippen LogP contribution is 2.31. The number of piperidine rings is 2. The lowest BCUT2D eigenvalue weighted by atomic mass is 9.81. The molecule has 2 rings (SSSR count). The maximum atomic E-state index is 12.1. The molecule has 0 spiro atoms. The normalized spacial score (nSPS) is 22.4. The third-order valence-corrected chi connectivity index (χ3v) is 7.31. The summed E-state index contributed by atoms with van der Waals surface area (Å²) in [6.45, 7) is 17.9. The molecular formula is C30H56N2O6. The van der Waals surface area contributed by atoms with Gasteiger partial charge in [0, 0.05) is 47.8 Å². The SMILES string of the molecule is CC1(C)CC(OC(=O)OCCCCCCCCCCOC(=O)OC2CC(C)(C)NC(C)(C)C2)CC(C)(C)N1. The van der Waals surface area contributed by atoms with E-state index in [-0.39, 0.29) is 34.4 Å². The smallest absolute Gasteiger partial charge is 0.434 e. The first-order chi connectivity index (χ1) is 17.6. The molecule has 222 valence electrons. The molecule has 0 radical (unpaired) electrons. The number of carbonyl (C=O) groups excluding carboxylic acids is 2. The molecule has 0 bridgehead atoms. The lowest BCUT2D eigenvalue weighted by molar-refractivity contribution is -0.0211. The van der Waals surface area contributed by atoms with E-state index < -0.39 is 12.3 Å². The number of hydrogen-bond acceptors (Lipinski definition) is 8. The Kier molecular flexibility index (Phi) is 12.2. The second-order valence-corrected chi connectivity index (χ2v) is 14.1. The van der Waals surface area contributed by atoms with Crippen molar-refractivity contribution in [1.29, 1.82) is 0 Å². The summed E-state index contributed by atoms with van der Waals surface area (Å²) in [6, 6.07) is 0. The largest absolute Gasteiger partial charge is 0.508 e. The molecule has 2 aliphatic rings. The van der Waals surface area contributed by atoms with E-state index in [9.17, 15) is 9.59 Å². The number of ether oxygens (including phenoxy) is 4. The van der Waals surface area contributed by atoms with Gasteiger partial charge in [0.25, 0.3) is 0 Å². The van der Waals surface area contributed by atoms with Crippen molar-refractivity contribution in [2.45, 2.75) is 167 Å². The minimum absolute atomic E-state index is 0.0620. The fraction of sp³-hybridized carbons (Fsp3) is 0.933. The van der Waals surface area contributed by atoms with E-state index in [2.05, 4.69) is 66.0 Å².